The number of rotatable bonds is 4. The quantitative estimate of drug-likeness (QED) is 0.941. The number of carbonyl (C=O) groups is 1. The second kappa shape index (κ2) is 5.29. The van der Waals surface area contributed by atoms with Gasteiger partial charge in [0.25, 0.3) is 0 Å². The predicted molar refractivity (Wildman–Crippen MR) is 67.5 cm³/mol. The number of benzene rings is 1. The molecule has 0 unspecified atom stereocenters. The number of carboxylic acids is 1. The third kappa shape index (κ3) is 3.04. The Labute approximate surface area is 110 Å². The van der Waals surface area contributed by atoms with Crippen molar-refractivity contribution in [2.45, 2.75) is 6.61 Å². The van der Waals surface area contributed by atoms with Gasteiger partial charge >= 0.3 is 5.97 Å². The molecule has 0 bridgehead atoms. The van der Waals surface area contributed by atoms with E-state index in [-0.39, 0.29) is 12.2 Å². The van der Waals surface area contributed by atoms with Crippen LogP contribution in [-0.2, 0) is 6.61 Å². The highest BCUT2D eigenvalue weighted by atomic mass is 79.9. The van der Waals surface area contributed by atoms with Crippen molar-refractivity contribution in [1.29, 1.82) is 0 Å². The Hall–Kier alpha value is -1.40. The summed E-state index contributed by atoms with van der Waals surface area (Å²) in [6.07, 6.45) is 1.34. The number of aromatic nitrogens is 1. The molecule has 88 valence electrons. The van der Waals surface area contributed by atoms with Gasteiger partial charge in [-0.25, -0.2) is 4.79 Å². The van der Waals surface area contributed by atoms with Crippen molar-refractivity contribution in [3.05, 3.63) is 45.4 Å². The van der Waals surface area contributed by atoms with Crippen LogP contribution in [0, 0.1) is 0 Å². The van der Waals surface area contributed by atoms with Gasteiger partial charge in [-0.2, -0.15) is 4.37 Å². The number of halogens is 1. The van der Waals surface area contributed by atoms with E-state index in [0.29, 0.717) is 10.6 Å². The highest BCUT2D eigenvalue weighted by molar-refractivity contribution is 9.10. The highest BCUT2D eigenvalue weighted by Gasteiger charge is 2.13. The molecule has 0 aliphatic carbocycles. The maximum Gasteiger partial charge on any atom is 0.338 e. The number of hydrogen-bond acceptors (Lipinski definition) is 4. The molecule has 2 rings (SSSR count). The van der Waals surface area contributed by atoms with Gasteiger partial charge < -0.3 is 9.84 Å². The van der Waals surface area contributed by atoms with E-state index in [1.807, 2.05) is 24.3 Å². The minimum Gasteiger partial charge on any atom is -0.488 e. The first-order valence-corrected chi connectivity index (χ1v) is 6.28. The molecule has 17 heavy (non-hydrogen) atoms. The fraction of sp³-hybridized carbons (Fsp3) is 0.0909. The molecule has 2 aromatic rings. The molecule has 0 atom stereocenters. The van der Waals surface area contributed by atoms with Crippen LogP contribution in [0.25, 0.3) is 0 Å². The van der Waals surface area contributed by atoms with Crippen molar-refractivity contribution >= 4 is 33.4 Å². The van der Waals surface area contributed by atoms with Crippen molar-refractivity contribution in [2.24, 2.45) is 0 Å². The minimum absolute atomic E-state index is 0.201. The molecule has 0 saturated carbocycles. The van der Waals surface area contributed by atoms with E-state index in [9.17, 15) is 4.79 Å². The van der Waals surface area contributed by atoms with Crippen LogP contribution in [0.5, 0.6) is 5.75 Å². The molecule has 1 aromatic heterocycles. The Morgan fingerprint density at radius 2 is 2.12 bits per heavy atom. The monoisotopic (exact) mass is 313 g/mol. The smallest absolute Gasteiger partial charge is 0.338 e. The van der Waals surface area contributed by atoms with E-state index in [0.717, 1.165) is 16.0 Å². The van der Waals surface area contributed by atoms with Crippen LogP contribution in [0.1, 0.15) is 15.2 Å². The van der Waals surface area contributed by atoms with Crippen molar-refractivity contribution in [2.75, 3.05) is 0 Å². The van der Waals surface area contributed by atoms with Gasteiger partial charge in [0.1, 0.15) is 12.4 Å². The highest BCUT2D eigenvalue weighted by Crippen LogP contribution is 2.20. The number of carboxylic acid groups (broad SMARTS) is 1. The maximum atomic E-state index is 10.8. The lowest BCUT2D eigenvalue weighted by Gasteiger charge is -2.04. The van der Waals surface area contributed by atoms with E-state index in [4.69, 9.17) is 9.84 Å². The first kappa shape index (κ1) is 12.1. The number of nitrogens with zero attached hydrogens (tertiary/aromatic N) is 1. The zero-order valence-corrected chi connectivity index (χ0v) is 11.0. The summed E-state index contributed by atoms with van der Waals surface area (Å²) in [6.45, 7) is 0.216. The van der Waals surface area contributed by atoms with E-state index in [1.54, 1.807) is 0 Å². The van der Waals surface area contributed by atoms with Crippen LogP contribution in [0.4, 0.5) is 0 Å². The summed E-state index contributed by atoms with van der Waals surface area (Å²) in [7, 11) is 0. The summed E-state index contributed by atoms with van der Waals surface area (Å²) in [5.41, 5.74) is 0.201. The Balaban J connectivity index is 2.05. The van der Waals surface area contributed by atoms with Gasteiger partial charge in [0.2, 0.25) is 0 Å². The van der Waals surface area contributed by atoms with Gasteiger partial charge in [-0.15, -0.1) is 0 Å². The third-order valence-electron chi connectivity index (χ3n) is 2.06. The van der Waals surface area contributed by atoms with Gasteiger partial charge in [0.15, 0.2) is 0 Å². The second-order valence-corrected chi connectivity index (χ2v) is 5.01. The molecular formula is C11H8BrNO3S. The number of hydrogen-bond donors (Lipinski definition) is 1. The van der Waals surface area contributed by atoms with E-state index < -0.39 is 5.97 Å². The molecule has 0 saturated heterocycles. The van der Waals surface area contributed by atoms with Gasteiger partial charge in [-0.05, 0) is 35.8 Å². The average Bonchev–Trinajstić information content (AvgIpc) is 2.76. The van der Waals surface area contributed by atoms with E-state index in [1.165, 1.54) is 6.20 Å². The average molecular weight is 314 g/mol. The Kier molecular flexibility index (Phi) is 3.75. The molecule has 4 nitrogen and oxygen atoms in total. The molecule has 0 radical (unpaired) electrons. The predicted octanol–water partition coefficient (Wildman–Crippen LogP) is 3.18. The minimum atomic E-state index is -0.979. The van der Waals surface area contributed by atoms with Gasteiger partial charge in [0, 0.05) is 4.47 Å². The molecule has 6 heteroatoms. The third-order valence-corrected chi connectivity index (χ3v) is 3.36. The van der Waals surface area contributed by atoms with Crippen LogP contribution >= 0.6 is 27.5 Å². The van der Waals surface area contributed by atoms with Crippen molar-refractivity contribution in [3.63, 3.8) is 0 Å². The van der Waals surface area contributed by atoms with Gasteiger partial charge in [0.05, 0.1) is 16.6 Å². The summed E-state index contributed by atoms with van der Waals surface area (Å²) in [5, 5.41) is 8.89. The summed E-state index contributed by atoms with van der Waals surface area (Å²) in [6, 6.07) is 7.34. The Morgan fingerprint density at radius 3 is 2.76 bits per heavy atom. The first-order chi connectivity index (χ1) is 8.16. The summed E-state index contributed by atoms with van der Waals surface area (Å²) >= 11 is 4.46. The fourth-order valence-electron chi connectivity index (χ4n) is 1.22. The molecule has 0 aliphatic rings. The lowest BCUT2D eigenvalue weighted by molar-refractivity contribution is 0.0694. The van der Waals surface area contributed by atoms with Gasteiger partial charge in [-0.1, -0.05) is 15.9 Å². The van der Waals surface area contributed by atoms with Crippen LogP contribution in [-0.4, -0.2) is 15.4 Å². The molecule has 0 spiro atoms. The van der Waals surface area contributed by atoms with E-state index >= 15 is 0 Å². The van der Waals surface area contributed by atoms with Crippen LogP contribution in [0.2, 0.25) is 0 Å². The maximum absolute atomic E-state index is 10.8. The SMILES string of the molecule is O=C(O)c1cnsc1COc1ccc(Br)cc1. The fourth-order valence-corrected chi connectivity index (χ4v) is 2.12. The number of ether oxygens (including phenoxy) is 1. The van der Waals surface area contributed by atoms with Crippen LogP contribution < -0.4 is 4.74 Å². The summed E-state index contributed by atoms with van der Waals surface area (Å²) in [5.74, 6) is -0.286. The largest absolute Gasteiger partial charge is 0.488 e. The molecule has 1 heterocycles. The van der Waals surface area contributed by atoms with Crippen molar-refractivity contribution in [3.8, 4) is 5.75 Å². The topological polar surface area (TPSA) is 59.4 Å². The lowest BCUT2D eigenvalue weighted by Crippen LogP contribution is -2.01. The molecule has 0 amide bonds. The normalized spacial score (nSPS) is 10.2. The molecule has 0 fully saturated rings. The van der Waals surface area contributed by atoms with Gasteiger partial charge in [-0.3, -0.25) is 0 Å². The van der Waals surface area contributed by atoms with Crippen LogP contribution in [0.3, 0.4) is 0 Å². The van der Waals surface area contributed by atoms with E-state index in [2.05, 4.69) is 20.3 Å². The second-order valence-electron chi connectivity index (χ2n) is 3.21. The Bertz CT molecular complexity index is 524. The standard InChI is InChI=1S/C11H8BrNO3S/c12-7-1-3-8(4-2-7)16-6-10-9(11(14)15)5-13-17-10/h1-5H,6H2,(H,14,15). The summed E-state index contributed by atoms with van der Waals surface area (Å²) < 4.78 is 10.3. The zero-order valence-electron chi connectivity index (χ0n) is 8.59. The number of aromatic carboxylic acids is 1. The molecule has 0 aliphatic heterocycles. The summed E-state index contributed by atoms with van der Waals surface area (Å²) in [4.78, 5) is 11.5. The van der Waals surface area contributed by atoms with Crippen LogP contribution in [0.15, 0.2) is 34.9 Å². The Morgan fingerprint density at radius 1 is 1.41 bits per heavy atom. The molecule has 1 aromatic carbocycles. The first-order valence-electron chi connectivity index (χ1n) is 4.72. The van der Waals surface area contributed by atoms with Crippen molar-refractivity contribution < 1.29 is 14.6 Å². The lowest BCUT2D eigenvalue weighted by atomic mass is 10.3. The molecule has 1 N–H and O–H groups in total. The van der Waals surface area contributed by atoms with Crippen molar-refractivity contribution in [1.82, 2.24) is 4.37 Å². The zero-order chi connectivity index (χ0) is 12.3. The molecular weight excluding hydrogens is 306 g/mol.